The van der Waals surface area contributed by atoms with Crippen LogP contribution in [-0.4, -0.2) is 84.6 Å². The predicted octanol–water partition coefficient (Wildman–Crippen LogP) is 11.3. The van der Waals surface area contributed by atoms with Gasteiger partial charge in [-0.3, -0.25) is 13.8 Å². The molecule has 0 saturated heterocycles. The van der Waals surface area contributed by atoms with Crippen LogP contribution in [0.15, 0.2) is 36.5 Å². The summed E-state index contributed by atoms with van der Waals surface area (Å²) in [4.78, 5) is 23.2. The molecule has 0 aromatic carbocycles. The minimum Gasteiger partial charge on any atom is -0.390 e. The summed E-state index contributed by atoms with van der Waals surface area (Å²) in [5, 5.41) is 24.7. The quantitative estimate of drug-likeness (QED) is 0.0210. The van der Waals surface area contributed by atoms with Crippen molar-refractivity contribution in [2.45, 2.75) is 205 Å². The van der Waals surface area contributed by atoms with Crippen molar-refractivity contribution < 1.29 is 38.0 Å². The van der Waals surface area contributed by atoms with Crippen molar-refractivity contribution in [3.8, 4) is 0 Å². The Kier molecular flexibility index (Phi) is 36.1. The van der Waals surface area contributed by atoms with E-state index < -0.39 is 32.7 Å². The van der Waals surface area contributed by atoms with Gasteiger partial charge in [0.2, 0.25) is 5.91 Å². The molecule has 0 bridgehead atoms. The van der Waals surface area contributed by atoms with Crippen LogP contribution in [0.25, 0.3) is 0 Å². The third-order valence-electron chi connectivity index (χ3n) is 9.98. The summed E-state index contributed by atoms with van der Waals surface area (Å²) in [6, 6.07) is -1.04. The average Bonchev–Trinajstić information content (AvgIpc) is 3.13. The highest BCUT2D eigenvalue weighted by molar-refractivity contribution is 7.47. The monoisotopic (exact) mass is 800 g/mol. The number of phosphoric acid groups is 1. The zero-order valence-corrected chi connectivity index (χ0v) is 37.2. The van der Waals surface area contributed by atoms with Gasteiger partial charge in [0.15, 0.2) is 0 Å². The van der Waals surface area contributed by atoms with Crippen LogP contribution in [0.2, 0.25) is 0 Å². The zero-order valence-electron chi connectivity index (χ0n) is 36.3. The minimum atomic E-state index is -4.42. The van der Waals surface area contributed by atoms with E-state index in [0.717, 1.165) is 70.6 Å². The number of phosphoric ester groups is 1. The Hall–Kier alpha value is -1.32. The lowest BCUT2D eigenvalue weighted by Crippen LogP contribution is -2.51. The van der Waals surface area contributed by atoms with Crippen molar-refractivity contribution in [2.75, 3.05) is 40.9 Å². The molecule has 10 heteroatoms. The largest absolute Gasteiger partial charge is 0.472 e. The summed E-state index contributed by atoms with van der Waals surface area (Å²) in [5.74, 6) is -0.272. The fraction of sp³-hybridized carbons (Fsp3) is 0.844. The van der Waals surface area contributed by atoms with Crippen molar-refractivity contribution in [1.29, 1.82) is 0 Å². The maximum Gasteiger partial charge on any atom is 0.472 e. The molecule has 0 spiro atoms. The third-order valence-corrected chi connectivity index (χ3v) is 11.0. The van der Waals surface area contributed by atoms with Gasteiger partial charge in [-0.25, -0.2) is 4.57 Å². The number of likely N-dealkylation sites (N-methyl/N-ethyl adjacent to an activating group) is 1. The first-order valence-electron chi connectivity index (χ1n) is 22.4. The number of carbonyl (C=O) groups is 1. The number of rotatable bonds is 40. The Bertz CT molecular complexity index is 1010. The van der Waals surface area contributed by atoms with Crippen LogP contribution in [-0.2, 0) is 18.4 Å². The van der Waals surface area contributed by atoms with Crippen LogP contribution in [0.3, 0.4) is 0 Å². The Morgan fingerprint density at radius 3 is 1.60 bits per heavy atom. The molecule has 9 nitrogen and oxygen atoms in total. The van der Waals surface area contributed by atoms with Crippen LogP contribution < -0.4 is 5.32 Å². The molecule has 0 heterocycles. The van der Waals surface area contributed by atoms with Crippen molar-refractivity contribution in [3.63, 3.8) is 0 Å². The van der Waals surface area contributed by atoms with Crippen LogP contribution in [0.5, 0.6) is 0 Å². The van der Waals surface area contributed by atoms with Gasteiger partial charge in [-0.1, -0.05) is 166 Å². The standard InChI is InChI=1S/C45H87N2O7P/c1-6-8-10-12-14-16-18-20-21-22-23-24-25-26-28-30-32-34-36-38-44(49)46-42(41-54-55(51,52)53-40-39-47(3,4)5)45(50)43(48)37-35-33-31-29-27-19-17-15-13-11-9-7-2/h14,16,20-21,23-24,42-43,45,48,50H,6-13,15,17-19,22,25-41H2,1-5H3,(H-,46,49,51,52)/p+1/b16-14-,21-20-,24-23-. The van der Waals surface area contributed by atoms with Crippen molar-refractivity contribution in [2.24, 2.45) is 0 Å². The Morgan fingerprint density at radius 1 is 0.636 bits per heavy atom. The second-order valence-electron chi connectivity index (χ2n) is 16.6. The first-order chi connectivity index (χ1) is 26.4. The fourth-order valence-electron chi connectivity index (χ4n) is 6.32. The summed E-state index contributed by atoms with van der Waals surface area (Å²) in [7, 11) is 1.42. The minimum absolute atomic E-state index is 0.0182. The highest BCUT2D eigenvalue weighted by Gasteiger charge is 2.31. The molecule has 4 unspecified atom stereocenters. The van der Waals surface area contributed by atoms with E-state index in [1.807, 2.05) is 21.1 Å². The lowest BCUT2D eigenvalue weighted by Gasteiger charge is -2.28. The number of carbonyl (C=O) groups excluding carboxylic acids is 1. The number of unbranched alkanes of at least 4 members (excludes halogenated alkanes) is 20. The number of aliphatic hydroxyl groups excluding tert-OH is 2. The average molecular weight is 800 g/mol. The van der Waals surface area contributed by atoms with Gasteiger partial charge >= 0.3 is 7.82 Å². The molecule has 0 aromatic rings. The second-order valence-corrected chi connectivity index (χ2v) is 18.0. The summed E-state index contributed by atoms with van der Waals surface area (Å²) in [6.45, 7) is 4.55. The van der Waals surface area contributed by atoms with Crippen molar-refractivity contribution >= 4 is 13.7 Å². The summed E-state index contributed by atoms with van der Waals surface area (Å²) in [5.41, 5.74) is 0. The van der Waals surface area contributed by atoms with E-state index in [4.69, 9.17) is 9.05 Å². The zero-order chi connectivity index (χ0) is 40.9. The SMILES string of the molecule is CCCCC/C=C\C/C=C\C/C=C\CCCCCCCCC(=O)NC(COP(=O)(O)OCC[N+](C)(C)C)C(O)C(O)CCCCCCCCCCCCCC. The van der Waals surface area contributed by atoms with E-state index in [1.165, 1.54) is 83.5 Å². The second kappa shape index (κ2) is 37.0. The van der Waals surface area contributed by atoms with Gasteiger partial charge in [-0.2, -0.15) is 0 Å². The van der Waals surface area contributed by atoms with E-state index >= 15 is 0 Å². The van der Waals surface area contributed by atoms with Crippen LogP contribution in [0.1, 0.15) is 187 Å². The van der Waals surface area contributed by atoms with Crippen LogP contribution in [0.4, 0.5) is 0 Å². The van der Waals surface area contributed by atoms with Crippen molar-refractivity contribution in [1.82, 2.24) is 5.32 Å². The normalized spacial score (nSPS) is 15.3. The molecule has 0 radical (unpaired) electrons. The molecule has 0 aliphatic carbocycles. The lowest BCUT2D eigenvalue weighted by molar-refractivity contribution is -0.870. The molecular weight excluding hydrogens is 711 g/mol. The molecule has 4 N–H and O–H groups in total. The number of nitrogens with one attached hydrogen (secondary N) is 1. The van der Waals surface area contributed by atoms with Gasteiger partial charge in [-0.05, 0) is 51.4 Å². The molecule has 55 heavy (non-hydrogen) atoms. The molecule has 0 aliphatic heterocycles. The first kappa shape index (κ1) is 53.7. The lowest BCUT2D eigenvalue weighted by atomic mass is 9.99. The van der Waals surface area contributed by atoms with Gasteiger partial charge in [-0.15, -0.1) is 0 Å². The van der Waals surface area contributed by atoms with Crippen molar-refractivity contribution in [3.05, 3.63) is 36.5 Å². The molecule has 0 rings (SSSR count). The molecule has 0 aliphatic rings. The maximum absolute atomic E-state index is 12.9. The summed E-state index contributed by atoms with van der Waals surface area (Å²) >= 11 is 0. The Balaban J connectivity index is 4.51. The number of hydrogen-bond donors (Lipinski definition) is 4. The number of quaternary nitrogens is 1. The number of aliphatic hydroxyl groups is 2. The Labute approximate surface area is 339 Å². The molecule has 0 aromatic heterocycles. The van der Waals surface area contributed by atoms with Gasteiger partial charge in [0.25, 0.3) is 0 Å². The molecule has 0 fully saturated rings. The number of nitrogens with zero attached hydrogens (tertiary/aromatic N) is 1. The van der Waals surface area contributed by atoms with Crippen LogP contribution >= 0.6 is 7.82 Å². The fourth-order valence-corrected chi connectivity index (χ4v) is 7.06. The van der Waals surface area contributed by atoms with E-state index in [1.54, 1.807) is 0 Å². The maximum atomic E-state index is 12.9. The molecule has 324 valence electrons. The summed E-state index contributed by atoms with van der Waals surface area (Å²) in [6.07, 6.45) is 40.5. The highest BCUT2D eigenvalue weighted by atomic mass is 31.2. The number of amides is 1. The van der Waals surface area contributed by atoms with Crippen LogP contribution in [0, 0.1) is 0 Å². The predicted molar refractivity (Wildman–Crippen MR) is 232 cm³/mol. The molecule has 4 atom stereocenters. The van der Waals surface area contributed by atoms with Gasteiger partial charge in [0.1, 0.15) is 19.3 Å². The van der Waals surface area contributed by atoms with Gasteiger partial charge < -0.3 is 24.9 Å². The first-order valence-corrected chi connectivity index (χ1v) is 23.9. The number of allylic oxidation sites excluding steroid dienone is 6. The smallest absolute Gasteiger partial charge is 0.390 e. The van der Waals surface area contributed by atoms with E-state index in [9.17, 15) is 24.5 Å². The summed E-state index contributed by atoms with van der Waals surface area (Å²) < 4.78 is 23.5. The highest BCUT2D eigenvalue weighted by Crippen LogP contribution is 2.43. The van der Waals surface area contributed by atoms with E-state index in [2.05, 4.69) is 55.6 Å². The number of hydrogen-bond acceptors (Lipinski definition) is 6. The topological polar surface area (TPSA) is 125 Å². The van der Waals surface area contributed by atoms with Gasteiger partial charge in [0, 0.05) is 6.42 Å². The van der Waals surface area contributed by atoms with E-state index in [0.29, 0.717) is 23.9 Å². The Morgan fingerprint density at radius 2 is 1.07 bits per heavy atom. The van der Waals surface area contributed by atoms with Gasteiger partial charge in [0.05, 0.1) is 39.9 Å². The molecular formula is C45H88N2O7P+. The third kappa shape index (κ3) is 38.0. The van der Waals surface area contributed by atoms with E-state index in [-0.39, 0.29) is 18.9 Å². The molecule has 0 saturated carbocycles. The molecule has 1 amide bonds.